The van der Waals surface area contributed by atoms with Gasteiger partial charge in [0.05, 0.1) is 18.1 Å². The summed E-state index contributed by atoms with van der Waals surface area (Å²) in [6.07, 6.45) is 0.441. The number of anilines is 2. The number of nitrogens with zero attached hydrogens (tertiary/aromatic N) is 4. The summed E-state index contributed by atoms with van der Waals surface area (Å²) in [5, 5.41) is 14.0. The molecule has 2 heterocycles. The van der Waals surface area contributed by atoms with Gasteiger partial charge in [-0.05, 0) is 25.5 Å². The zero-order valence-electron chi connectivity index (χ0n) is 16.9. The molecule has 31 heavy (non-hydrogen) atoms. The summed E-state index contributed by atoms with van der Waals surface area (Å²) in [6, 6.07) is 6.63. The van der Waals surface area contributed by atoms with Crippen molar-refractivity contribution in [2.75, 3.05) is 23.4 Å². The van der Waals surface area contributed by atoms with Crippen LogP contribution in [0.3, 0.4) is 0 Å². The molecule has 1 aromatic carbocycles. The van der Waals surface area contributed by atoms with Gasteiger partial charge in [-0.3, -0.25) is 14.2 Å². The van der Waals surface area contributed by atoms with Gasteiger partial charge in [-0.15, -0.1) is 21.5 Å². The van der Waals surface area contributed by atoms with Crippen molar-refractivity contribution < 1.29 is 14.3 Å². The second-order valence-corrected chi connectivity index (χ2v) is 8.50. The van der Waals surface area contributed by atoms with Crippen molar-refractivity contribution in [3.63, 3.8) is 0 Å². The van der Waals surface area contributed by atoms with E-state index in [-0.39, 0.29) is 23.6 Å². The van der Waals surface area contributed by atoms with Crippen LogP contribution in [0.1, 0.15) is 26.3 Å². The molecule has 0 aliphatic heterocycles. The molecule has 0 radical (unpaired) electrons. The molecule has 1 amide bonds. The van der Waals surface area contributed by atoms with Gasteiger partial charge in [-0.2, -0.15) is 0 Å². The van der Waals surface area contributed by atoms with Gasteiger partial charge in [0.2, 0.25) is 11.9 Å². The number of carbonyl (C=O) groups is 2. The normalized spacial score (nSPS) is 11.8. The molecule has 3 aromatic rings. The Labute approximate surface area is 192 Å². The third kappa shape index (κ3) is 5.75. The first-order valence-corrected chi connectivity index (χ1v) is 11.7. The van der Waals surface area contributed by atoms with Gasteiger partial charge in [0, 0.05) is 16.0 Å². The van der Waals surface area contributed by atoms with Crippen molar-refractivity contribution >= 4 is 57.7 Å². The van der Waals surface area contributed by atoms with Crippen LogP contribution >= 0.6 is 34.7 Å². The average molecular weight is 481 g/mol. The van der Waals surface area contributed by atoms with Gasteiger partial charge in [-0.1, -0.05) is 42.4 Å². The molecule has 0 aliphatic rings. The molecule has 0 fully saturated rings. The number of thiazole rings is 1. The van der Waals surface area contributed by atoms with E-state index < -0.39 is 6.04 Å². The highest BCUT2D eigenvalue weighted by molar-refractivity contribution is 7.99. The lowest BCUT2D eigenvalue weighted by Crippen LogP contribution is -2.27. The van der Waals surface area contributed by atoms with Crippen LogP contribution in [0.5, 0.6) is 0 Å². The molecule has 0 saturated heterocycles. The fraction of sp³-hybridized carbons (Fsp3) is 0.316. The average Bonchev–Trinajstić information content (AvgIpc) is 3.35. The van der Waals surface area contributed by atoms with Crippen LogP contribution in [0.25, 0.3) is 11.3 Å². The van der Waals surface area contributed by atoms with E-state index in [0.29, 0.717) is 28.3 Å². The summed E-state index contributed by atoms with van der Waals surface area (Å²) in [4.78, 5) is 29.1. The van der Waals surface area contributed by atoms with Gasteiger partial charge < -0.3 is 15.8 Å². The summed E-state index contributed by atoms with van der Waals surface area (Å²) in [5.74, 6) is -0.546. The van der Waals surface area contributed by atoms with E-state index in [1.54, 1.807) is 19.1 Å². The fourth-order valence-corrected chi connectivity index (χ4v) is 4.40. The SMILES string of the molecule is CCOC(=O)CSc1nnc(N)n1C(CC)C(=O)Nc1nc(-c2ccc(Cl)cc2)cs1. The number of nitrogens with one attached hydrogen (secondary N) is 1. The van der Waals surface area contributed by atoms with Crippen molar-refractivity contribution in [2.45, 2.75) is 31.5 Å². The number of hydrogen-bond donors (Lipinski definition) is 2. The Morgan fingerprint density at radius 3 is 2.71 bits per heavy atom. The molecule has 3 N–H and O–H groups in total. The van der Waals surface area contributed by atoms with Crippen LogP contribution in [0, 0.1) is 0 Å². The molecule has 3 rings (SSSR count). The molecular weight excluding hydrogens is 460 g/mol. The van der Waals surface area contributed by atoms with Crippen LogP contribution in [-0.2, 0) is 14.3 Å². The molecule has 0 spiro atoms. The molecule has 1 unspecified atom stereocenters. The molecule has 0 saturated carbocycles. The highest BCUT2D eigenvalue weighted by Gasteiger charge is 2.26. The van der Waals surface area contributed by atoms with E-state index in [1.807, 2.05) is 24.4 Å². The number of ether oxygens (including phenoxy) is 1. The number of amides is 1. The van der Waals surface area contributed by atoms with Crippen molar-refractivity contribution in [1.29, 1.82) is 0 Å². The Balaban J connectivity index is 1.73. The van der Waals surface area contributed by atoms with Crippen LogP contribution in [-0.4, -0.2) is 44.0 Å². The number of aromatic nitrogens is 4. The highest BCUT2D eigenvalue weighted by Crippen LogP contribution is 2.29. The van der Waals surface area contributed by atoms with E-state index in [1.165, 1.54) is 15.9 Å². The quantitative estimate of drug-likeness (QED) is 0.349. The molecule has 1 atom stereocenters. The van der Waals surface area contributed by atoms with E-state index in [0.717, 1.165) is 23.0 Å². The maximum absolute atomic E-state index is 13.0. The summed E-state index contributed by atoms with van der Waals surface area (Å²) in [6.45, 7) is 3.88. The van der Waals surface area contributed by atoms with E-state index in [4.69, 9.17) is 22.1 Å². The van der Waals surface area contributed by atoms with Crippen LogP contribution in [0.15, 0.2) is 34.8 Å². The summed E-state index contributed by atoms with van der Waals surface area (Å²) in [7, 11) is 0. The smallest absolute Gasteiger partial charge is 0.316 e. The first kappa shape index (κ1) is 23.0. The third-order valence-electron chi connectivity index (χ3n) is 4.19. The Morgan fingerprint density at radius 1 is 1.29 bits per heavy atom. The van der Waals surface area contributed by atoms with Gasteiger partial charge in [0.1, 0.15) is 6.04 Å². The Hall–Kier alpha value is -2.63. The topological polar surface area (TPSA) is 125 Å². The summed E-state index contributed by atoms with van der Waals surface area (Å²) in [5.41, 5.74) is 7.60. The Bertz CT molecular complexity index is 1050. The fourth-order valence-electron chi connectivity index (χ4n) is 2.76. The standard InChI is InChI=1S/C19H21ClN6O3S2/c1-3-14(26-17(21)24-25-19(26)31-10-15(27)29-4-2)16(28)23-18-22-13(9-30-18)11-5-7-12(20)8-6-11/h5-9,14H,3-4,10H2,1-2H3,(H2,21,24)(H,22,23,28). The number of esters is 1. The molecule has 0 bridgehead atoms. The lowest BCUT2D eigenvalue weighted by molar-refractivity contribution is -0.139. The van der Waals surface area contributed by atoms with Crippen LogP contribution < -0.4 is 11.1 Å². The number of thioether (sulfide) groups is 1. The van der Waals surface area contributed by atoms with Crippen molar-refractivity contribution in [3.8, 4) is 11.3 Å². The Morgan fingerprint density at radius 2 is 2.03 bits per heavy atom. The zero-order chi connectivity index (χ0) is 22.4. The van der Waals surface area contributed by atoms with Crippen molar-refractivity contribution in [1.82, 2.24) is 19.7 Å². The van der Waals surface area contributed by atoms with E-state index in [9.17, 15) is 9.59 Å². The van der Waals surface area contributed by atoms with E-state index >= 15 is 0 Å². The predicted octanol–water partition coefficient (Wildman–Crippen LogP) is 3.88. The largest absolute Gasteiger partial charge is 0.465 e. The highest BCUT2D eigenvalue weighted by atomic mass is 35.5. The lowest BCUT2D eigenvalue weighted by atomic mass is 10.2. The molecule has 0 aliphatic carbocycles. The number of nitrogen functional groups attached to an aromatic ring is 1. The predicted molar refractivity (Wildman–Crippen MR) is 122 cm³/mol. The molecule has 164 valence electrons. The van der Waals surface area contributed by atoms with Crippen LogP contribution in [0.2, 0.25) is 5.02 Å². The van der Waals surface area contributed by atoms with E-state index in [2.05, 4.69) is 20.5 Å². The monoisotopic (exact) mass is 480 g/mol. The number of benzene rings is 1. The van der Waals surface area contributed by atoms with Crippen LogP contribution in [0.4, 0.5) is 11.1 Å². The maximum atomic E-state index is 13.0. The minimum absolute atomic E-state index is 0.0426. The van der Waals surface area contributed by atoms with Crippen molar-refractivity contribution in [3.05, 3.63) is 34.7 Å². The number of carbonyl (C=O) groups excluding carboxylic acids is 2. The van der Waals surface area contributed by atoms with Gasteiger partial charge in [0.15, 0.2) is 10.3 Å². The maximum Gasteiger partial charge on any atom is 0.316 e. The van der Waals surface area contributed by atoms with Gasteiger partial charge in [0.25, 0.3) is 0 Å². The Kier molecular flexibility index (Phi) is 7.88. The number of nitrogens with two attached hydrogens (primary N) is 1. The third-order valence-corrected chi connectivity index (χ3v) is 6.12. The molecule has 12 heteroatoms. The number of hydrogen-bond acceptors (Lipinski definition) is 9. The molecular formula is C19H21ClN6O3S2. The second-order valence-electron chi connectivity index (χ2n) is 6.26. The first-order valence-electron chi connectivity index (χ1n) is 9.44. The molecule has 2 aromatic heterocycles. The zero-order valence-corrected chi connectivity index (χ0v) is 19.3. The minimum Gasteiger partial charge on any atom is -0.465 e. The number of halogens is 1. The first-order chi connectivity index (χ1) is 14.9. The number of rotatable bonds is 9. The lowest BCUT2D eigenvalue weighted by Gasteiger charge is -2.18. The minimum atomic E-state index is -0.664. The van der Waals surface area contributed by atoms with Crippen molar-refractivity contribution in [2.24, 2.45) is 0 Å². The molecule has 9 nitrogen and oxygen atoms in total. The summed E-state index contributed by atoms with van der Waals surface area (Å²) < 4.78 is 6.45. The van der Waals surface area contributed by atoms with Gasteiger partial charge in [-0.25, -0.2) is 4.98 Å². The summed E-state index contributed by atoms with van der Waals surface area (Å²) >= 11 is 8.36. The second kappa shape index (κ2) is 10.6. The van der Waals surface area contributed by atoms with Gasteiger partial charge >= 0.3 is 5.97 Å².